The van der Waals surface area contributed by atoms with Gasteiger partial charge in [0.25, 0.3) is 0 Å². The first kappa shape index (κ1) is 16.0. The lowest BCUT2D eigenvalue weighted by molar-refractivity contribution is -0.129. The van der Waals surface area contributed by atoms with Crippen molar-refractivity contribution in [1.29, 1.82) is 0 Å². The standard InChI is InChI=1S/C17H12ClNO5/c1-9-13(16(20)22-2)7-12(23-9)8-14-17(21)24-15(19-14)10-4-3-5-11(18)6-10/h3-8H,1-2H3. The molecule has 2 aromatic rings. The third-order valence-electron chi connectivity index (χ3n) is 3.31. The van der Waals surface area contributed by atoms with Crippen LogP contribution in [0.5, 0.6) is 0 Å². The van der Waals surface area contributed by atoms with E-state index in [0.29, 0.717) is 22.1 Å². The number of esters is 2. The van der Waals surface area contributed by atoms with E-state index >= 15 is 0 Å². The van der Waals surface area contributed by atoms with E-state index in [9.17, 15) is 9.59 Å². The van der Waals surface area contributed by atoms with Crippen molar-refractivity contribution in [2.45, 2.75) is 6.92 Å². The van der Waals surface area contributed by atoms with Crippen molar-refractivity contribution in [3.05, 3.63) is 63.7 Å². The molecule has 0 atom stereocenters. The molecule has 122 valence electrons. The third kappa shape index (κ3) is 3.09. The topological polar surface area (TPSA) is 78.1 Å². The molecule has 0 aliphatic carbocycles. The summed E-state index contributed by atoms with van der Waals surface area (Å²) in [5.74, 6) is -0.281. The number of hydrogen-bond donors (Lipinski definition) is 0. The number of rotatable bonds is 3. The highest BCUT2D eigenvalue weighted by Gasteiger charge is 2.25. The Kier molecular flexibility index (Phi) is 4.22. The fourth-order valence-corrected chi connectivity index (χ4v) is 2.37. The first-order valence-corrected chi connectivity index (χ1v) is 7.33. The maximum absolute atomic E-state index is 12.0. The van der Waals surface area contributed by atoms with E-state index in [4.69, 9.17) is 20.8 Å². The number of furan rings is 1. The van der Waals surface area contributed by atoms with E-state index in [1.807, 2.05) is 0 Å². The van der Waals surface area contributed by atoms with Gasteiger partial charge in [0.2, 0.25) is 5.90 Å². The molecule has 0 radical (unpaired) electrons. The summed E-state index contributed by atoms with van der Waals surface area (Å²) in [5.41, 5.74) is 0.940. The first-order chi connectivity index (χ1) is 11.5. The van der Waals surface area contributed by atoms with Gasteiger partial charge in [-0.2, -0.15) is 0 Å². The molecule has 24 heavy (non-hydrogen) atoms. The number of ether oxygens (including phenoxy) is 2. The van der Waals surface area contributed by atoms with Gasteiger partial charge in [-0.05, 0) is 31.2 Å². The molecule has 1 aromatic heterocycles. The van der Waals surface area contributed by atoms with Gasteiger partial charge >= 0.3 is 11.9 Å². The van der Waals surface area contributed by atoms with Crippen molar-refractivity contribution in [2.24, 2.45) is 4.99 Å². The highest BCUT2D eigenvalue weighted by Crippen LogP contribution is 2.23. The van der Waals surface area contributed by atoms with Crippen LogP contribution < -0.4 is 0 Å². The minimum atomic E-state index is -0.612. The van der Waals surface area contributed by atoms with Gasteiger partial charge in [-0.3, -0.25) is 0 Å². The van der Waals surface area contributed by atoms with E-state index in [2.05, 4.69) is 9.73 Å². The van der Waals surface area contributed by atoms with E-state index in [-0.39, 0.29) is 17.2 Å². The zero-order chi connectivity index (χ0) is 17.3. The quantitative estimate of drug-likeness (QED) is 0.629. The highest BCUT2D eigenvalue weighted by molar-refractivity contribution is 6.31. The molecule has 6 nitrogen and oxygen atoms in total. The van der Waals surface area contributed by atoms with Crippen molar-refractivity contribution in [1.82, 2.24) is 0 Å². The monoisotopic (exact) mass is 345 g/mol. The average molecular weight is 346 g/mol. The smallest absolute Gasteiger partial charge is 0.363 e. The van der Waals surface area contributed by atoms with Crippen molar-refractivity contribution in [2.75, 3.05) is 7.11 Å². The van der Waals surface area contributed by atoms with Gasteiger partial charge in [-0.25, -0.2) is 14.6 Å². The summed E-state index contributed by atoms with van der Waals surface area (Å²) >= 11 is 5.92. The molecule has 0 fully saturated rings. The maximum Gasteiger partial charge on any atom is 0.363 e. The van der Waals surface area contributed by atoms with Gasteiger partial charge in [-0.15, -0.1) is 0 Å². The summed E-state index contributed by atoms with van der Waals surface area (Å²) in [6.45, 7) is 1.63. The fraction of sp³-hybridized carbons (Fsp3) is 0.118. The molecule has 1 aliphatic rings. The molecule has 7 heteroatoms. The molecule has 0 unspecified atom stereocenters. The molecule has 0 N–H and O–H groups in total. The number of carbonyl (C=O) groups is 2. The Morgan fingerprint density at radius 1 is 1.33 bits per heavy atom. The number of aryl methyl sites for hydroxylation is 1. The van der Waals surface area contributed by atoms with Crippen LogP contribution in [0.25, 0.3) is 6.08 Å². The second-order valence-electron chi connectivity index (χ2n) is 4.96. The van der Waals surface area contributed by atoms with Gasteiger partial charge in [0, 0.05) is 16.7 Å². The number of nitrogens with zero attached hydrogens (tertiary/aromatic N) is 1. The summed E-state index contributed by atoms with van der Waals surface area (Å²) < 4.78 is 15.2. The van der Waals surface area contributed by atoms with E-state index in [0.717, 1.165) is 0 Å². The summed E-state index contributed by atoms with van der Waals surface area (Å²) in [6, 6.07) is 8.29. The van der Waals surface area contributed by atoms with Crippen LogP contribution >= 0.6 is 11.6 Å². The summed E-state index contributed by atoms with van der Waals surface area (Å²) in [7, 11) is 1.28. The molecule has 0 bridgehead atoms. The largest absolute Gasteiger partial charge is 0.465 e. The van der Waals surface area contributed by atoms with Crippen LogP contribution in [-0.2, 0) is 14.3 Å². The van der Waals surface area contributed by atoms with Crippen LogP contribution in [0, 0.1) is 6.92 Å². The number of benzene rings is 1. The lowest BCUT2D eigenvalue weighted by Crippen LogP contribution is -2.05. The van der Waals surface area contributed by atoms with Crippen molar-refractivity contribution < 1.29 is 23.5 Å². The van der Waals surface area contributed by atoms with Crippen molar-refractivity contribution in [3.63, 3.8) is 0 Å². The van der Waals surface area contributed by atoms with Gasteiger partial charge in [0.1, 0.15) is 17.1 Å². The molecule has 1 aromatic carbocycles. The average Bonchev–Trinajstić information content (AvgIpc) is 3.10. The van der Waals surface area contributed by atoms with Gasteiger partial charge in [0.05, 0.1) is 7.11 Å². The normalized spacial score (nSPS) is 15.4. The van der Waals surface area contributed by atoms with E-state index in [1.54, 1.807) is 31.2 Å². The first-order valence-electron chi connectivity index (χ1n) is 6.95. The third-order valence-corrected chi connectivity index (χ3v) is 3.55. The molecule has 0 saturated carbocycles. The molecule has 0 amide bonds. The lowest BCUT2D eigenvalue weighted by atomic mass is 10.2. The Morgan fingerprint density at radius 2 is 2.12 bits per heavy atom. The molecular formula is C17H12ClNO5. The SMILES string of the molecule is COC(=O)c1cc(C=C2N=C(c3cccc(Cl)c3)OC2=O)oc1C. The predicted molar refractivity (Wildman–Crippen MR) is 86.8 cm³/mol. The summed E-state index contributed by atoms with van der Waals surface area (Å²) in [5, 5.41) is 0.507. The van der Waals surface area contributed by atoms with E-state index in [1.165, 1.54) is 19.3 Å². The zero-order valence-electron chi connectivity index (χ0n) is 12.8. The van der Waals surface area contributed by atoms with Crippen LogP contribution in [0.4, 0.5) is 0 Å². The van der Waals surface area contributed by atoms with Gasteiger partial charge < -0.3 is 13.9 Å². The Labute approximate surface area is 142 Å². The Balaban J connectivity index is 1.93. The molecule has 2 heterocycles. The summed E-state index contributed by atoms with van der Waals surface area (Å²) in [4.78, 5) is 27.7. The summed E-state index contributed by atoms with van der Waals surface area (Å²) in [6.07, 6.45) is 1.40. The van der Waals surface area contributed by atoms with Crippen molar-refractivity contribution in [3.8, 4) is 0 Å². The van der Waals surface area contributed by atoms with Crippen LogP contribution in [-0.4, -0.2) is 24.9 Å². The van der Waals surface area contributed by atoms with Crippen LogP contribution in [0.1, 0.15) is 27.4 Å². The molecule has 0 saturated heterocycles. The number of hydrogen-bond acceptors (Lipinski definition) is 6. The Hall–Kier alpha value is -2.86. The lowest BCUT2D eigenvalue weighted by Gasteiger charge is -1.98. The Morgan fingerprint density at radius 3 is 2.83 bits per heavy atom. The predicted octanol–water partition coefficient (Wildman–Crippen LogP) is 3.37. The van der Waals surface area contributed by atoms with Crippen LogP contribution in [0.2, 0.25) is 5.02 Å². The van der Waals surface area contributed by atoms with Gasteiger partial charge in [0.15, 0.2) is 5.70 Å². The van der Waals surface area contributed by atoms with E-state index < -0.39 is 11.9 Å². The number of aliphatic imine (C=N–C) groups is 1. The second-order valence-corrected chi connectivity index (χ2v) is 5.39. The Bertz CT molecular complexity index is 894. The molecule has 1 aliphatic heterocycles. The maximum atomic E-state index is 12.0. The minimum Gasteiger partial charge on any atom is -0.465 e. The number of carbonyl (C=O) groups excluding carboxylic acids is 2. The van der Waals surface area contributed by atoms with Crippen LogP contribution in [0.3, 0.4) is 0 Å². The molecule has 3 rings (SSSR count). The molecule has 0 spiro atoms. The number of cyclic esters (lactones) is 1. The number of methoxy groups -OCH3 is 1. The van der Waals surface area contributed by atoms with Crippen LogP contribution in [0.15, 0.2) is 45.4 Å². The minimum absolute atomic E-state index is 0.0649. The second kappa shape index (κ2) is 6.33. The molecular weight excluding hydrogens is 334 g/mol. The number of halogens is 1. The van der Waals surface area contributed by atoms with Crippen molar-refractivity contribution >= 4 is 35.5 Å². The zero-order valence-corrected chi connectivity index (χ0v) is 13.6. The highest BCUT2D eigenvalue weighted by atomic mass is 35.5. The van der Waals surface area contributed by atoms with Gasteiger partial charge in [-0.1, -0.05) is 17.7 Å². The fourth-order valence-electron chi connectivity index (χ4n) is 2.18.